The monoisotopic (exact) mass is 543 g/mol. The van der Waals surface area contributed by atoms with Crippen LogP contribution in [0.3, 0.4) is 0 Å². The number of rotatable bonds is 6. The number of allylic oxidation sites excluding steroid dienone is 2. The molecule has 9 heteroatoms. The summed E-state index contributed by atoms with van der Waals surface area (Å²) in [6, 6.07) is 0. The summed E-state index contributed by atoms with van der Waals surface area (Å²) in [7, 11) is 5.29. The van der Waals surface area contributed by atoms with E-state index >= 15 is 0 Å². The van der Waals surface area contributed by atoms with E-state index in [9.17, 15) is 14.4 Å². The third-order valence-corrected chi connectivity index (χ3v) is 7.43. The van der Waals surface area contributed by atoms with Gasteiger partial charge in [0.25, 0.3) is 0 Å². The molecule has 2 bridgehead atoms. The summed E-state index contributed by atoms with van der Waals surface area (Å²) >= 11 is 0. The third kappa shape index (κ3) is 4.21. The van der Waals surface area contributed by atoms with Gasteiger partial charge in [-0.3, -0.25) is 24.3 Å². The van der Waals surface area contributed by atoms with Crippen molar-refractivity contribution < 1.29 is 14.4 Å². The second kappa shape index (κ2) is 9.46. The lowest BCUT2D eigenvalue weighted by Crippen LogP contribution is -2.50. The third-order valence-electron chi connectivity index (χ3n) is 7.43. The summed E-state index contributed by atoms with van der Waals surface area (Å²) in [5, 5.41) is 6.50. The molecule has 2 N–H and O–H groups in total. The van der Waals surface area contributed by atoms with Gasteiger partial charge in [-0.15, -0.1) is 24.0 Å². The van der Waals surface area contributed by atoms with Crippen molar-refractivity contribution in [3.05, 3.63) is 12.2 Å². The van der Waals surface area contributed by atoms with Crippen LogP contribution in [-0.2, 0) is 14.4 Å². The van der Waals surface area contributed by atoms with Crippen LogP contribution in [0.5, 0.6) is 0 Å². The molecular formula is C22H34IN5O3. The summed E-state index contributed by atoms with van der Waals surface area (Å²) in [6.45, 7) is 1.31. The highest BCUT2D eigenvalue weighted by Crippen LogP contribution is 2.52. The van der Waals surface area contributed by atoms with Gasteiger partial charge in [0.05, 0.1) is 17.3 Å². The summed E-state index contributed by atoms with van der Waals surface area (Å²) in [4.78, 5) is 45.6. The number of nitrogens with one attached hydrogen (secondary N) is 2. The molecule has 3 fully saturated rings. The zero-order valence-electron chi connectivity index (χ0n) is 18.6. The molecule has 2 saturated carbocycles. The Bertz CT molecular complexity index is 760. The number of hydrogen-bond donors (Lipinski definition) is 2. The molecule has 0 radical (unpaired) electrons. The van der Waals surface area contributed by atoms with Crippen LogP contribution in [0.25, 0.3) is 0 Å². The molecule has 172 valence electrons. The van der Waals surface area contributed by atoms with Crippen LogP contribution in [0, 0.1) is 29.1 Å². The molecule has 0 spiro atoms. The number of guanidine groups is 1. The van der Waals surface area contributed by atoms with E-state index in [1.54, 1.807) is 26.0 Å². The Labute approximate surface area is 201 Å². The van der Waals surface area contributed by atoms with Crippen molar-refractivity contribution in [1.29, 1.82) is 0 Å². The predicted octanol–water partition coefficient (Wildman–Crippen LogP) is 1.23. The number of amides is 3. The van der Waals surface area contributed by atoms with Gasteiger partial charge in [-0.05, 0) is 31.1 Å². The van der Waals surface area contributed by atoms with Crippen molar-refractivity contribution in [1.82, 2.24) is 20.4 Å². The minimum Gasteiger partial charge on any atom is -0.355 e. The Morgan fingerprint density at radius 3 is 2.23 bits per heavy atom. The SMILES string of the molecule is CN=C(NCCN1C(=O)C2C3C=CC(C3)C2C1=O)NCC1(C(=O)N(C)C)CCCC1.I. The van der Waals surface area contributed by atoms with Crippen LogP contribution in [0.2, 0.25) is 0 Å². The van der Waals surface area contributed by atoms with Crippen LogP contribution in [-0.4, -0.2) is 74.3 Å². The van der Waals surface area contributed by atoms with Gasteiger partial charge in [-0.2, -0.15) is 0 Å². The van der Waals surface area contributed by atoms with Gasteiger partial charge in [0.15, 0.2) is 5.96 Å². The second-order valence-corrected chi connectivity index (χ2v) is 9.37. The maximum atomic E-state index is 12.8. The number of halogens is 1. The van der Waals surface area contributed by atoms with Crippen molar-refractivity contribution in [3.63, 3.8) is 0 Å². The van der Waals surface area contributed by atoms with Crippen LogP contribution in [0.1, 0.15) is 32.1 Å². The maximum absolute atomic E-state index is 12.8. The summed E-state index contributed by atoms with van der Waals surface area (Å²) in [6.07, 6.45) is 9.05. The van der Waals surface area contributed by atoms with E-state index in [0.29, 0.717) is 25.6 Å². The first-order chi connectivity index (χ1) is 14.4. The summed E-state index contributed by atoms with van der Waals surface area (Å²) in [5.41, 5.74) is -0.383. The van der Waals surface area contributed by atoms with Gasteiger partial charge in [-0.25, -0.2) is 0 Å². The van der Waals surface area contributed by atoms with Gasteiger partial charge in [0.1, 0.15) is 0 Å². The van der Waals surface area contributed by atoms with Gasteiger partial charge < -0.3 is 15.5 Å². The molecule has 3 aliphatic carbocycles. The van der Waals surface area contributed by atoms with Crippen molar-refractivity contribution in [2.24, 2.45) is 34.1 Å². The smallest absolute Gasteiger partial charge is 0.233 e. The van der Waals surface area contributed by atoms with Crippen molar-refractivity contribution in [2.75, 3.05) is 40.8 Å². The molecule has 0 aromatic heterocycles. The summed E-state index contributed by atoms with van der Waals surface area (Å²) < 4.78 is 0. The molecule has 0 aromatic carbocycles. The van der Waals surface area contributed by atoms with Gasteiger partial charge >= 0.3 is 0 Å². The van der Waals surface area contributed by atoms with E-state index in [0.717, 1.165) is 32.1 Å². The Morgan fingerprint density at radius 1 is 1.13 bits per heavy atom. The highest BCUT2D eigenvalue weighted by atomic mass is 127. The Kier molecular flexibility index (Phi) is 7.32. The predicted molar refractivity (Wildman–Crippen MR) is 129 cm³/mol. The lowest BCUT2D eigenvalue weighted by molar-refractivity contribution is -0.141. The Hall–Kier alpha value is -1.65. The average Bonchev–Trinajstić information content (AvgIpc) is 3.50. The second-order valence-electron chi connectivity index (χ2n) is 9.37. The number of nitrogens with zero attached hydrogens (tertiary/aromatic N) is 3. The molecular weight excluding hydrogens is 509 g/mol. The Balaban J connectivity index is 0.00000272. The van der Waals surface area contributed by atoms with E-state index < -0.39 is 0 Å². The van der Waals surface area contributed by atoms with E-state index in [1.165, 1.54) is 4.90 Å². The van der Waals surface area contributed by atoms with E-state index in [1.807, 2.05) is 0 Å². The van der Waals surface area contributed by atoms with Crippen molar-refractivity contribution in [2.45, 2.75) is 32.1 Å². The number of hydrogen-bond acceptors (Lipinski definition) is 4. The molecule has 1 saturated heterocycles. The molecule has 4 rings (SSSR count). The zero-order valence-corrected chi connectivity index (χ0v) is 20.9. The van der Waals surface area contributed by atoms with Crippen LogP contribution >= 0.6 is 24.0 Å². The fraction of sp³-hybridized carbons (Fsp3) is 0.727. The first-order valence-corrected chi connectivity index (χ1v) is 11.1. The molecule has 3 amide bonds. The normalized spacial score (nSPS) is 30.4. The number of likely N-dealkylation sites (tertiary alicyclic amines) is 1. The first kappa shape index (κ1) is 24.0. The van der Waals surface area contributed by atoms with Crippen LogP contribution in [0.15, 0.2) is 17.1 Å². The molecule has 8 nitrogen and oxygen atoms in total. The maximum Gasteiger partial charge on any atom is 0.233 e. The van der Waals surface area contributed by atoms with E-state index in [-0.39, 0.29) is 70.8 Å². The minimum atomic E-state index is -0.383. The molecule has 0 aromatic rings. The van der Waals surface area contributed by atoms with E-state index in [4.69, 9.17) is 0 Å². The van der Waals surface area contributed by atoms with E-state index in [2.05, 4.69) is 27.8 Å². The quantitative estimate of drug-likeness (QED) is 0.173. The zero-order chi connectivity index (χ0) is 21.5. The fourth-order valence-corrected chi connectivity index (χ4v) is 5.94. The van der Waals surface area contributed by atoms with Crippen molar-refractivity contribution >= 4 is 47.7 Å². The standard InChI is InChI=1S/C22H33N5O3.HI/c1-23-21(25-13-22(8-4-5-9-22)20(30)26(2)3)24-10-11-27-18(28)16-14-6-7-15(12-14)17(16)19(27)29;/h6-7,14-17H,4-5,8-13H2,1-3H3,(H2,23,24,25);1H. The first-order valence-electron chi connectivity index (χ1n) is 11.1. The number of fused-ring (bicyclic) bond motifs is 5. The average molecular weight is 543 g/mol. The molecule has 1 heterocycles. The molecule has 4 atom stereocenters. The molecule has 1 aliphatic heterocycles. The lowest BCUT2D eigenvalue weighted by atomic mass is 9.84. The lowest BCUT2D eigenvalue weighted by Gasteiger charge is -2.31. The molecule has 4 unspecified atom stereocenters. The largest absolute Gasteiger partial charge is 0.355 e. The molecule has 4 aliphatic rings. The highest BCUT2D eigenvalue weighted by Gasteiger charge is 2.58. The van der Waals surface area contributed by atoms with Gasteiger partial charge in [0, 0.05) is 40.8 Å². The summed E-state index contributed by atoms with van der Waals surface area (Å²) in [5.74, 6) is 0.885. The fourth-order valence-electron chi connectivity index (χ4n) is 5.94. The topological polar surface area (TPSA) is 94.1 Å². The Morgan fingerprint density at radius 2 is 1.71 bits per heavy atom. The van der Waals surface area contributed by atoms with Gasteiger partial charge in [-0.1, -0.05) is 25.0 Å². The van der Waals surface area contributed by atoms with Crippen LogP contribution in [0.4, 0.5) is 0 Å². The number of imide groups is 1. The highest BCUT2D eigenvalue weighted by molar-refractivity contribution is 14.0. The number of aliphatic imine (C=N–C) groups is 1. The minimum absolute atomic E-state index is 0. The van der Waals surface area contributed by atoms with Crippen LogP contribution < -0.4 is 10.6 Å². The van der Waals surface area contributed by atoms with Crippen molar-refractivity contribution in [3.8, 4) is 0 Å². The number of carbonyl (C=O) groups is 3. The molecule has 31 heavy (non-hydrogen) atoms. The number of carbonyl (C=O) groups excluding carboxylic acids is 3. The van der Waals surface area contributed by atoms with Gasteiger partial charge in [0.2, 0.25) is 17.7 Å².